The van der Waals surface area contributed by atoms with Gasteiger partial charge in [0.2, 0.25) is 6.29 Å². The van der Waals surface area contributed by atoms with E-state index >= 15 is 0 Å². The van der Waals surface area contributed by atoms with Crippen molar-refractivity contribution >= 4 is 74.2 Å². The number of aliphatic carboxylic acids is 2. The number of aliphatic hydroxyl groups excluding tert-OH is 3. The average molecular weight is 1240 g/mol. The molecule has 4 saturated carbocycles. The van der Waals surface area contributed by atoms with Gasteiger partial charge in [0.05, 0.1) is 40.7 Å². The lowest BCUT2D eigenvalue weighted by atomic mass is 9.39. The molecule has 7 atom stereocenters. The second-order valence-electron chi connectivity index (χ2n) is 25.2. The van der Waals surface area contributed by atoms with E-state index in [1.807, 2.05) is 59.0 Å². The van der Waals surface area contributed by atoms with E-state index in [9.17, 15) is 54.6 Å². The number of aliphatic hydroxyl groups is 3. The van der Waals surface area contributed by atoms with Crippen LogP contribution in [-0.2, 0) is 43.3 Å². The lowest BCUT2D eigenvalue weighted by molar-refractivity contribution is -0.271. The van der Waals surface area contributed by atoms with E-state index in [0.29, 0.717) is 84.5 Å². The summed E-state index contributed by atoms with van der Waals surface area (Å²) in [5.74, 6) is -3.45. The highest BCUT2D eigenvalue weighted by atomic mass is 32.1. The zero-order chi connectivity index (χ0) is 63.0. The number of anilines is 3. The number of aromatic carboxylic acids is 1. The molecule has 1 saturated heterocycles. The number of thiazole rings is 1. The van der Waals surface area contributed by atoms with Crippen molar-refractivity contribution in [3.8, 4) is 16.9 Å². The van der Waals surface area contributed by atoms with Gasteiger partial charge in [-0.25, -0.2) is 24.4 Å². The third kappa shape index (κ3) is 13.5. The van der Waals surface area contributed by atoms with Gasteiger partial charge in [-0.2, -0.15) is 5.10 Å². The number of hydrogen-bond donors (Lipinski definition) is 9. The van der Waals surface area contributed by atoms with Crippen molar-refractivity contribution in [2.24, 2.45) is 22.0 Å². The summed E-state index contributed by atoms with van der Waals surface area (Å²) in [6, 6.07) is 21.9. The molecule has 2 aliphatic heterocycles. The maximum absolute atomic E-state index is 13.8. The van der Waals surface area contributed by atoms with Gasteiger partial charge in [0.1, 0.15) is 36.5 Å². The Hall–Kier alpha value is -8.04. The highest BCUT2D eigenvalue weighted by Crippen LogP contribution is 2.72. The van der Waals surface area contributed by atoms with Gasteiger partial charge in [0.15, 0.2) is 16.9 Å². The molecule has 2 unspecified atom stereocenters. The number of amides is 2. The van der Waals surface area contributed by atoms with Crippen molar-refractivity contribution in [3.05, 3.63) is 119 Å². The molecular weight excluding hydrogens is 1170 g/mol. The number of carboxylic acid groups (broad SMARTS) is 3. The molecule has 2 amide bonds. The number of fused-ring (bicyclic) bond motifs is 2. The Morgan fingerprint density at radius 1 is 0.888 bits per heavy atom. The Kier molecular flexibility index (Phi) is 17.9. The minimum atomic E-state index is -1.89. The largest absolute Gasteiger partial charge is 0.481 e. The number of nitrogens with two attached hydrogens (primary N) is 1. The van der Waals surface area contributed by atoms with Crippen LogP contribution in [0.5, 0.6) is 5.75 Å². The topological polar surface area (TPSA) is 344 Å². The number of ether oxygens (including phenoxy) is 4. The van der Waals surface area contributed by atoms with E-state index in [2.05, 4.69) is 29.5 Å². The van der Waals surface area contributed by atoms with Gasteiger partial charge in [-0.05, 0) is 146 Å². The monoisotopic (exact) mass is 1240 g/mol. The average Bonchev–Trinajstić information content (AvgIpc) is 0.872. The summed E-state index contributed by atoms with van der Waals surface area (Å²) in [5, 5.41) is 72.5. The minimum Gasteiger partial charge on any atom is -0.481 e. The number of carbonyl (C=O) groups excluding carboxylic acids is 2. The molecule has 4 bridgehead atoms. The molecule has 10 N–H and O–H groups in total. The zero-order valence-corrected chi connectivity index (χ0v) is 50.6. The predicted octanol–water partition coefficient (Wildman–Crippen LogP) is 7.17. The van der Waals surface area contributed by atoms with Crippen LogP contribution in [0.3, 0.4) is 0 Å². The lowest BCUT2D eigenvalue weighted by Gasteiger charge is -2.69. The van der Waals surface area contributed by atoms with Crippen LogP contribution in [0.25, 0.3) is 27.4 Å². The molecule has 25 heteroatoms. The maximum Gasteiger partial charge on any atom is 0.410 e. The van der Waals surface area contributed by atoms with Gasteiger partial charge in [-0.1, -0.05) is 61.6 Å². The first-order valence-corrected chi connectivity index (χ1v) is 30.8. The first-order chi connectivity index (χ1) is 42.5. The third-order valence-corrected chi connectivity index (χ3v) is 18.9. The zero-order valence-electron chi connectivity index (χ0n) is 49.8. The van der Waals surface area contributed by atoms with Gasteiger partial charge >= 0.3 is 24.0 Å². The summed E-state index contributed by atoms with van der Waals surface area (Å²) in [6.07, 6.45) is 1.45. The Morgan fingerprint density at radius 3 is 2.42 bits per heavy atom. The van der Waals surface area contributed by atoms with Gasteiger partial charge < -0.3 is 70.4 Å². The molecule has 0 radical (unpaired) electrons. The van der Waals surface area contributed by atoms with Crippen LogP contribution in [0.15, 0.2) is 85.1 Å². The summed E-state index contributed by atoms with van der Waals surface area (Å²) in [5.41, 5.74) is 10.9. The number of nitrogens with one attached hydrogen (secondary N) is 2. The SMILES string of the molecule is Cc1c(-c2ccc(N3CCc4cccc(C(=O)Nc5nc6ccccc6s5)c4C3)nc2C(=O)O)cnn1CC12CC3(C)CC(C)(C1)CC(OCCN(CCC(=O)O)C(=O)OC/C=C/c1ccc(O[C@@H]4O[C@H](C(=O)O)[C@@H](O)[C@H](O)[C@H]4O)c(NCCCN)c1)(C3)C2. The molecule has 6 aliphatic rings. The van der Waals surface area contributed by atoms with Crippen LogP contribution in [0.2, 0.25) is 0 Å². The van der Waals surface area contributed by atoms with Crippen LogP contribution < -0.4 is 26.0 Å². The Labute approximate surface area is 517 Å². The van der Waals surface area contributed by atoms with Crippen LogP contribution >= 0.6 is 11.3 Å². The molecule has 24 nitrogen and oxygen atoms in total. The third-order valence-electron chi connectivity index (χ3n) is 18.0. The van der Waals surface area contributed by atoms with E-state index < -0.39 is 60.3 Å². The van der Waals surface area contributed by atoms with E-state index in [4.69, 9.17) is 34.8 Å². The molecule has 89 heavy (non-hydrogen) atoms. The van der Waals surface area contributed by atoms with Gasteiger partial charge in [0.25, 0.3) is 5.91 Å². The highest BCUT2D eigenvalue weighted by molar-refractivity contribution is 7.22. The fraction of sp³-hybridized carbons (Fsp3) is 0.469. The number of carboxylic acids is 3. The van der Waals surface area contributed by atoms with Gasteiger partial charge in [-0.3, -0.25) is 19.6 Å². The number of rotatable bonds is 24. The maximum atomic E-state index is 13.8. The van der Waals surface area contributed by atoms with Crippen molar-refractivity contribution in [1.82, 2.24) is 24.6 Å². The first kappa shape index (κ1) is 62.6. The number of carbonyl (C=O) groups is 5. The quantitative estimate of drug-likeness (QED) is 0.0271. The number of benzene rings is 3. The minimum absolute atomic E-state index is 0.0611. The normalized spacial score (nSPS) is 26.1. The van der Waals surface area contributed by atoms with Crippen molar-refractivity contribution in [3.63, 3.8) is 0 Å². The van der Waals surface area contributed by atoms with Crippen LogP contribution in [0.1, 0.15) is 108 Å². The molecule has 472 valence electrons. The Morgan fingerprint density at radius 2 is 1.67 bits per heavy atom. The van der Waals surface area contributed by atoms with Gasteiger partial charge in [-0.15, -0.1) is 0 Å². The highest BCUT2D eigenvalue weighted by Gasteiger charge is 2.66. The fourth-order valence-corrected chi connectivity index (χ4v) is 16.1. The smallest absolute Gasteiger partial charge is 0.410 e. The molecule has 3 aromatic carbocycles. The van der Waals surface area contributed by atoms with Crippen molar-refractivity contribution in [1.29, 1.82) is 0 Å². The summed E-state index contributed by atoms with van der Waals surface area (Å²) in [6.45, 7) is 8.83. The van der Waals surface area contributed by atoms with Crippen LogP contribution in [0.4, 0.5) is 21.4 Å². The molecule has 5 heterocycles. The summed E-state index contributed by atoms with van der Waals surface area (Å²) >= 11 is 1.41. The number of nitrogens with zero attached hydrogens (tertiary/aromatic N) is 6. The Balaban J connectivity index is 0.736. The predicted molar refractivity (Wildman–Crippen MR) is 329 cm³/mol. The van der Waals surface area contributed by atoms with E-state index in [1.54, 1.807) is 42.6 Å². The second kappa shape index (κ2) is 25.4. The summed E-state index contributed by atoms with van der Waals surface area (Å²) in [4.78, 5) is 76.8. The lowest BCUT2D eigenvalue weighted by Crippen LogP contribution is -2.64. The van der Waals surface area contributed by atoms with E-state index in [-0.39, 0.29) is 66.3 Å². The Bertz CT molecular complexity index is 3650. The van der Waals surface area contributed by atoms with Crippen molar-refractivity contribution in [2.45, 2.75) is 128 Å². The van der Waals surface area contributed by atoms with Crippen molar-refractivity contribution < 1.29 is 73.6 Å². The standard InChI is InChI=1S/C64H75N9O15S/c1-37-42(40-15-17-48(69-50(40)56(80)81)72-22-18-39-10-6-11-41(43(39)29-72)55(79)70-59-68-44-12-4-5-13-47(44)89-59)28-67-73(37)36-63-31-61(2)30-62(3,32-63)34-64(33-61,35-63)86-26-24-71(23-19-49(74)75)60(84)85-25-7-9-38-14-16-46(45(27-38)66-21-8-20-65)87-58-53(78)51(76)52(77)54(88-58)57(82)83/h4-7,9-17,27-28,51-54,58,66,76-78H,8,18-26,29-36,65H2,1-3H3,(H,74,75)(H,80,81)(H,82,83)(H,68,70,79)/b9-7+/t51-,52-,53+,54-,58+,61?,62?,63?,64?/m0/s1. The van der Waals surface area contributed by atoms with Crippen LogP contribution in [0, 0.1) is 23.2 Å². The summed E-state index contributed by atoms with van der Waals surface area (Å²) < 4.78 is 26.8. The molecule has 3 aromatic heterocycles. The van der Waals surface area contributed by atoms with E-state index in [0.717, 1.165) is 65.6 Å². The number of hydrogen-bond acceptors (Lipinski definition) is 19. The van der Waals surface area contributed by atoms with Crippen LogP contribution in [-0.4, -0.2) is 167 Å². The fourth-order valence-electron chi connectivity index (χ4n) is 15.2. The number of aromatic nitrogens is 4. The second-order valence-corrected chi connectivity index (χ2v) is 26.3. The molecular formula is C64H75N9O15S. The summed E-state index contributed by atoms with van der Waals surface area (Å²) in [7, 11) is 0. The molecule has 12 rings (SSSR count). The molecule has 6 aromatic rings. The number of para-hydroxylation sites is 1. The number of pyridine rings is 1. The molecule has 0 spiro atoms. The molecule has 5 fully saturated rings. The first-order valence-electron chi connectivity index (χ1n) is 30.0. The van der Waals surface area contributed by atoms with Gasteiger partial charge in [0, 0.05) is 61.7 Å². The van der Waals surface area contributed by atoms with Crippen molar-refractivity contribution in [2.75, 3.05) is 61.5 Å². The molecule has 4 aliphatic carbocycles. The van der Waals surface area contributed by atoms with E-state index in [1.165, 1.54) is 22.3 Å².